The van der Waals surface area contributed by atoms with Crippen LogP contribution in [0.1, 0.15) is 12.8 Å². The Morgan fingerprint density at radius 3 is 2.80 bits per heavy atom. The molecule has 3 N–H and O–H groups in total. The molecule has 0 saturated carbocycles. The minimum atomic E-state index is -1.12. The maximum absolute atomic E-state index is 8.63. The van der Waals surface area contributed by atoms with E-state index in [-0.39, 0.29) is 0 Å². The molecule has 1 unspecified atom stereocenters. The van der Waals surface area contributed by atoms with E-state index in [2.05, 4.69) is 5.32 Å². The summed E-state index contributed by atoms with van der Waals surface area (Å²) >= 11 is 0. The van der Waals surface area contributed by atoms with E-state index in [1.54, 1.807) is 0 Å². The van der Waals surface area contributed by atoms with Gasteiger partial charge in [0.15, 0.2) is 0 Å². The number of hydrogen-bond acceptors (Lipinski definition) is 3. The van der Waals surface area contributed by atoms with Crippen molar-refractivity contribution in [2.75, 3.05) is 13.1 Å². The van der Waals surface area contributed by atoms with Crippen molar-refractivity contribution in [1.82, 2.24) is 5.32 Å². The third kappa shape index (κ3) is 2.69. The summed E-state index contributed by atoms with van der Waals surface area (Å²) in [7, 11) is -1.12. The molecule has 1 atom stereocenters. The first-order valence-corrected chi connectivity index (χ1v) is 3.86. The Bertz CT molecular complexity index is 93.7. The molecule has 1 aliphatic rings. The zero-order valence-electron chi connectivity index (χ0n) is 6.08. The largest absolute Gasteiger partial charge is 0.451 e. The molecule has 0 aromatic heterocycles. The molecule has 1 saturated heterocycles. The van der Waals surface area contributed by atoms with Crippen molar-refractivity contribution >= 4 is 7.12 Å². The average Bonchev–Trinajstić information content (AvgIpc) is 1.88. The summed E-state index contributed by atoms with van der Waals surface area (Å²) in [5, 5.41) is 20.5. The highest BCUT2D eigenvalue weighted by Crippen LogP contribution is 2.14. The Balaban J connectivity index is 2.13. The lowest BCUT2D eigenvalue weighted by Crippen LogP contribution is -2.32. The van der Waals surface area contributed by atoms with Crippen molar-refractivity contribution in [3.63, 3.8) is 0 Å². The van der Waals surface area contributed by atoms with Gasteiger partial charge in [-0.3, -0.25) is 0 Å². The zero-order valence-corrected chi connectivity index (χ0v) is 6.08. The topological polar surface area (TPSA) is 52.5 Å². The highest BCUT2D eigenvalue weighted by molar-refractivity contribution is 6.41. The van der Waals surface area contributed by atoms with Gasteiger partial charge in [-0.1, -0.05) is 0 Å². The van der Waals surface area contributed by atoms with Gasteiger partial charge in [0.05, 0.1) is 0 Å². The van der Waals surface area contributed by atoms with Gasteiger partial charge >= 0.3 is 7.12 Å². The molecule has 0 amide bonds. The van der Waals surface area contributed by atoms with E-state index in [9.17, 15) is 0 Å². The molecule has 0 aromatic rings. The van der Waals surface area contributed by atoms with Crippen molar-refractivity contribution in [1.29, 1.82) is 0 Å². The highest BCUT2D eigenvalue weighted by atomic mass is 16.4. The van der Waals surface area contributed by atoms with E-state index in [0.717, 1.165) is 25.9 Å². The van der Waals surface area contributed by atoms with E-state index >= 15 is 0 Å². The van der Waals surface area contributed by atoms with Gasteiger partial charge in [0, 0.05) is 0 Å². The third-order valence-corrected chi connectivity index (χ3v) is 1.94. The molecular formula is C6H14BNO2. The number of nitrogens with one attached hydrogen (secondary N) is 1. The quantitative estimate of drug-likeness (QED) is 0.455. The van der Waals surface area contributed by atoms with Gasteiger partial charge in [-0.25, -0.2) is 0 Å². The first kappa shape index (κ1) is 8.05. The smallest absolute Gasteiger partial charge is 0.427 e. The minimum Gasteiger partial charge on any atom is -0.427 e. The Hall–Kier alpha value is -0.0551. The molecule has 0 aliphatic carbocycles. The van der Waals surface area contributed by atoms with Crippen LogP contribution in [0, 0.1) is 5.92 Å². The molecule has 1 heterocycles. The van der Waals surface area contributed by atoms with Crippen LogP contribution in [0.25, 0.3) is 0 Å². The van der Waals surface area contributed by atoms with Gasteiger partial charge in [0.2, 0.25) is 0 Å². The Morgan fingerprint density at radius 1 is 1.50 bits per heavy atom. The van der Waals surface area contributed by atoms with Crippen LogP contribution in [0.3, 0.4) is 0 Å². The first-order chi connectivity index (χ1) is 4.79. The van der Waals surface area contributed by atoms with Crippen LogP contribution in [0.4, 0.5) is 0 Å². The van der Waals surface area contributed by atoms with Crippen LogP contribution in [0.15, 0.2) is 0 Å². The van der Waals surface area contributed by atoms with E-state index in [1.807, 2.05) is 0 Å². The summed E-state index contributed by atoms with van der Waals surface area (Å²) in [6.07, 6.45) is 2.81. The van der Waals surface area contributed by atoms with Crippen molar-refractivity contribution in [3.8, 4) is 0 Å². The molecule has 4 heteroatoms. The molecule has 0 spiro atoms. The van der Waals surface area contributed by atoms with E-state index in [4.69, 9.17) is 10.0 Å². The normalized spacial score (nSPS) is 26.4. The van der Waals surface area contributed by atoms with Gasteiger partial charge < -0.3 is 15.4 Å². The molecule has 0 radical (unpaired) electrons. The summed E-state index contributed by atoms with van der Waals surface area (Å²) in [4.78, 5) is 0. The average molecular weight is 143 g/mol. The molecular weight excluding hydrogens is 129 g/mol. The molecule has 1 fully saturated rings. The monoisotopic (exact) mass is 143 g/mol. The summed E-state index contributed by atoms with van der Waals surface area (Å²) in [5.74, 6) is 0.466. The lowest BCUT2D eigenvalue weighted by atomic mass is 9.76. The van der Waals surface area contributed by atoms with Gasteiger partial charge in [0.25, 0.3) is 0 Å². The third-order valence-electron chi connectivity index (χ3n) is 1.94. The number of hydrogen-bond donors (Lipinski definition) is 3. The van der Waals surface area contributed by atoms with Crippen LogP contribution in [0.2, 0.25) is 6.32 Å². The highest BCUT2D eigenvalue weighted by Gasteiger charge is 2.18. The standard InChI is InChI=1S/C6H14BNO2/c9-7(10)4-6-2-1-3-8-5-6/h6,8-10H,1-5H2. The molecule has 1 rings (SSSR count). The van der Waals surface area contributed by atoms with Crippen LogP contribution in [-0.2, 0) is 0 Å². The summed E-state index contributed by atoms with van der Waals surface area (Å²) in [6.45, 7) is 2.02. The van der Waals surface area contributed by atoms with Crippen molar-refractivity contribution < 1.29 is 10.0 Å². The van der Waals surface area contributed by atoms with Gasteiger partial charge in [-0.2, -0.15) is 0 Å². The van der Waals surface area contributed by atoms with Crippen molar-refractivity contribution in [2.24, 2.45) is 5.92 Å². The van der Waals surface area contributed by atoms with Crippen molar-refractivity contribution in [3.05, 3.63) is 0 Å². The van der Waals surface area contributed by atoms with Crippen molar-refractivity contribution in [2.45, 2.75) is 19.2 Å². The second-order valence-corrected chi connectivity index (χ2v) is 2.93. The van der Waals surface area contributed by atoms with Crippen LogP contribution in [-0.4, -0.2) is 30.3 Å². The Kier molecular flexibility index (Phi) is 3.18. The van der Waals surface area contributed by atoms with E-state index < -0.39 is 7.12 Å². The van der Waals surface area contributed by atoms with Crippen LogP contribution < -0.4 is 5.32 Å². The molecule has 10 heavy (non-hydrogen) atoms. The minimum absolute atomic E-state index is 0.466. The fraction of sp³-hybridized carbons (Fsp3) is 1.00. The summed E-state index contributed by atoms with van der Waals surface area (Å²) < 4.78 is 0. The molecule has 0 bridgehead atoms. The maximum Gasteiger partial charge on any atom is 0.451 e. The van der Waals surface area contributed by atoms with Gasteiger partial charge in [-0.15, -0.1) is 0 Å². The lowest BCUT2D eigenvalue weighted by molar-refractivity contribution is 0.349. The van der Waals surface area contributed by atoms with Gasteiger partial charge in [0.1, 0.15) is 0 Å². The second-order valence-electron chi connectivity index (χ2n) is 2.93. The number of rotatable bonds is 2. The second kappa shape index (κ2) is 3.96. The molecule has 1 aliphatic heterocycles. The number of piperidine rings is 1. The van der Waals surface area contributed by atoms with E-state index in [1.165, 1.54) is 0 Å². The molecule has 58 valence electrons. The predicted molar refractivity (Wildman–Crippen MR) is 40.6 cm³/mol. The SMILES string of the molecule is OB(O)CC1CCCNC1. The Labute approximate surface area is 61.6 Å². The van der Waals surface area contributed by atoms with Gasteiger partial charge in [-0.05, 0) is 38.2 Å². The predicted octanol–water partition coefficient (Wildman–Crippen LogP) is -0.541. The summed E-state index contributed by atoms with van der Waals surface area (Å²) in [5.41, 5.74) is 0. The molecule has 3 nitrogen and oxygen atoms in total. The first-order valence-electron chi connectivity index (χ1n) is 3.86. The maximum atomic E-state index is 8.63. The van der Waals surface area contributed by atoms with Crippen LogP contribution >= 0.6 is 0 Å². The van der Waals surface area contributed by atoms with Crippen LogP contribution in [0.5, 0.6) is 0 Å². The zero-order chi connectivity index (χ0) is 7.40. The van der Waals surface area contributed by atoms with E-state index in [0.29, 0.717) is 12.2 Å². The fourth-order valence-corrected chi connectivity index (χ4v) is 1.42. The lowest BCUT2D eigenvalue weighted by Gasteiger charge is -2.21. The fourth-order valence-electron chi connectivity index (χ4n) is 1.42. The summed E-state index contributed by atoms with van der Waals surface area (Å²) in [6, 6.07) is 0. The Morgan fingerprint density at radius 2 is 2.30 bits per heavy atom. The molecule has 0 aromatic carbocycles.